The van der Waals surface area contributed by atoms with Gasteiger partial charge in [0.25, 0.3) is 5.56 Å². The van der Waals surface area contributed by atoms with Crippen LogP contribution in [0.25, 0.3) is 5.69 Å². The second-order valence-corrected chi connectivity index (χ2v) is 11.7. The third kappa shape index (κ3) is 6.48. The van der Waals surface area contributed by atoms with Gasteiger partial charge in [-0.1, -0.05) is 20.8 Å². The average Bonchev–Trinajstić information content (AvgIpc) is 2.75. The predicted molar refractivity (Wildman–Crippen MR) is 142 cm³/mol. The van der Waals surface area contributed by atoms with E-state index in [1.165, 1.54) is 22.9 Å². The molecule has 3 N–H and O–H groups in total. The predicted octanol–water partition coefficient (Wildman–Crippen LogP) is 3.00. The summed E-state index contributed by atoms with van der Waals surface area (Å²) in [6.45, 7) is 7.75. The van der Waals surface area contributed by atoms with Gasteiger partial charge in [-0.2, -0.15) is 0 Å². The van der Waals surface area contributed by atoms with Gasteiger partial charge in [-0.25, -0.2) is 18.0 Å². The summed E-state index contributed by atoms with van der Waals surface area (Å²) < 4.78 is 32.7. The minimum absolute atomic E-state index is 0.00540. The molecule has 3 rings (SSSR count). The average molecular weight is 530 g/mol. The first kappa shape index (κ1) is 27.7. The first-order valence-corrected chi connectivity index (χ1v) is 13.4. The Morgan fingerprint density at radius 3 is 2.35 bits per heavy atom. The number of carboxylic acids is 1. The molecule has 0 saturated heterocycles. The van der Waals surface area contributed by atoms with Crippen molar-refractivity contribution < 1.29 is 23.1 Å². The lowest BCUT2D eigenvalue weighted by Gasteiger charge is -2.26. The van der Waals surface area contributed by atoms with E-state index in [-0.39, 0.29) is 16.7 Å². The number of benzene rings is 2. The molecule has 0 fully saturated rings. The van der Waals surface area contributed by atoms with Crippen LogP contribution in [0.4, 0.5) is 5.69 Å². The van der Waals surface area contributed by atoms with Crippen molar-refractivity contribution in [3.8, 4) is 11.4 Å². The van der Waals surface area contributed by atoms with Crippen LogP contribution in [0.3, 0.4) is 0 Å². The molecule has 1 aromatic heterocycles. The maximum atomic E-state index is 12.5. The van der Waals surface area contributed by atoms with Crippen molar-refractivity contribution in [2.24, 2.45) is 0 Å². The number of nitrogens with zero attached hydrogens (tertiary/aromatic N) is 1. The fourth-order valence-corrected chi connectivity index (χ4v) is 4.83. The summed E-state index contributed by atoms with van der Waals surface area (Å²) in [5, 5.41) is 9.84. The van der Waals surface area contributed by atoms with Gasteiger partial charge >= 0.3 is 11.7 Å². The highest BCUT2D eigenvalue weighted by Gasteiger charge is 2.24. The number of nitrogens with one attached hydrogen (secondary N) is 2. The number of aryl methyl sites for hydroxylation is 2. The monoisotopic (exact) mass is 529 g/mol. The number of anilines is 1. The third-order valence-corrected chi connectivity index (χ3v) is 6.52. The first-order chi connectivity index (χ1) is 17.1. The van der Waals surface area contributed by atoms with Crippen molar-refractivity contribution in [1.29, 1.82) is 0 Å². The summed E-state index contributed by atoms with van der Waals surface area (Å²) in [4.78, 5) is 38.4. The van der Waals surface area contributed by atoms with Crippen molar-refractivity contribution >= 4 is 21.7 Å². The van der Waals surface area contributed by atoms with Crippen LogP contribution in [0.5, 0.6) is 5.75 Å². The van der Waals surface area contributed by atoms with Crippen LogP contribution in [0.1, 0.15) is 53.4 Å². The van der Waals surface area contributed by atoms with E-state index < -0.39 is 27.2 Å². The van der Waals surface area contributed by atoms with Gasteiger partial charge in [-0.15, -0.1) is 0 Å². The summed E-state index contributed by atoms with van der Waals surface area (Å²) in [5.74, 6) is -0.551. The summed E-state index contributed by atoms with van der Waals surface area (Å²) in [6, 6.07) is 7.78. The van der Waals surface area contributed by atoms with E-state index in [1.54, 1.807) is 26.2 Å². The number of hydrogen-bond donors (Lipinski definition) is 3. The molecule has 11 heteroatoms. The molecule has 198 valence electrons. The normalized spacial score (nSPS) is 11.8. The minimum atomic E-state index is -3.58. The number of carbonyl (C=O) groups is 1. The molecule has 0 aliphatic rings. The molecule has 2 aromatic carbocycles. The molecule has 0 spiro atoms. The van der Waals surface area contributed by atoms with Gasteiger partial charge in [-0.3, -0.25) is 19.1 Å². The van der Waals surface area contributed by atoms with Crippen LogP contribution in [0.15, 0.2) is 46.1 Å². The van der Waals surface area contributed by atoms with Crippen LogP contribution >= 0.6 is 0 Å². The van der Waals surface area contributed by atoms with E-state index in [0.29, 0.717) is 35.4 Å². The van der Waals surface area contributed by atoms with Crippen molar-refractivity contribution in [3.05, 3.63) is 85.2 Å². The lowest BCUT2D eigenvalue weighted by atomic mass is 9.83. The Hall–Kier alpha value is -3.86. The Balaban J connectivity index is 2.14. The largest absolute Gasteiger partial charge is 0.496 e. The number of methoxy groups -OCH3 is 1. The second kappa shape index (κ2) is 10.3. The van der Waals surface area contributed by atoms with E-state index in [0.717, 1.165) is 17.4 Å². The Kier molecular flexibility index (Phi) is 7.68. The van der Waals surface area contributed by atoms with Crippen molar-refractivity contribution in [1.82, 2.24) is 9.55 Å². The van der Waals surface area contributed by atoms with Gasteiger partial charge in [0.15, 0.2) is 0 Å². The zero-order valence-corrected chi connectivity index (χ0v) is 22.4. The number of sulfonamides is 1. The standard InChI is InChI=1S/C26H31N3O7S/c1-15-11-17(28-37(6,34)35)13-20(24(31)32)19(15)8-7-16-12-18(29-10-9-22(30)27-25(29)33)14-21(23(16)36-5)26(2,3)4/h9-14,28H,7-8H2,1-6H3,(H,31,32)(H,27,30,33). The third-order valence-electron chi connectivity index (χ3n) is 5.92. The van der Waals surface area contributed by atoms with Crippen LogP contribution in [-0.4, -0.2) is 42.4 Å². The fraction of sp³-hybridized carbons (Fsp3) is 0.346. The lowest BCUT2D eigenvalue weighted by Crippen LogP contribution is -2.28. The number of carboxylic acid groups (broad SMARTS) is 1. The molecule has 1 heterocycles. The highest BCUT2D eigenvalue weighted by atomic mass is 32.2. The minimum Gasteiger partial charge on any atom is -0.496 e. The molecule has 10 nitrogen and oxygen atoms in total. The Bertz CT molecular complexity index is 1580. The summed E-state index contributed by atoms with van der Waals surface area (Å²) in [7, 11) is -2.02. The molecule has 0 unspecified atom stereocenters. The van der Waals surface area contributed by atoms with Crippen molar-refractivity contribution in [3.63, 3.8) is 0 Å². The maximum absolute atomic E-state index is 12.5. The number of aromatic carboxylic acids is 1. The number of hydrogen-bond acceptors (Lipinski definition) is 6. The molecule has 0 aliphatic carbocycles. The van der Waals surface area contributed by atoms with Gasteiger partial charge in [0, 0.05) is 23.5 Å². The second-order valence-electron chi connectivity index (χ2n) is 9.91. The van der Waals surface area contributed by atoms with Gasteiger partial charge in [0.2, 0.25) is 10.0 Å². The smallest absolute Gasteiger partial charge is 0.336 e. The highest BCUT2D eigenvalue weighted by molar-refractivity contribution is 7.92. The summed E-state index contributed by atoms with van der Waals surface area (Å²) >= 11 is 0. The molecule has 0 radical (unpaired) electrons. The van der Waals surface area contributed by atoms with Crippen LogP contribution in [-0.2, 0) is 28.3 Å². The molecule has 0 saturated carbocycles. The van der Waals surface area contributed by atoms with E-state index >= 15 is 0 Å². The topological polar surface area (TPSA) is 148 Å². The number of H-pyrrole nitrogens is 1. The van der Waals surface area contributed by atoms with E-state index in [9.17, 15) is 27.9 Å². The summed E-state index contributed by atoms with van der Waals surface area (Å²) in [5.41, 5.74) is 2.01. The Morgan fingerprint density at radius 1 is 1.14 bits per heavy atom. The molecule has 0 atom stereocenters. The van der Waals surface area contributed by atoms with Crippen LogP contribution < -0.4 is 20.7 Å². The van der Waals surface area contributed by atoms with Gasteiger partial charge in [0.1, 0.15) is 5.75 Å². The number of aromatic amines is 1. The molecule has 0 aliphatic heterocycles. The van der Waals surface area contributed by atoms with Crippen LogP contribution in [0.2, 0.25) is 0 Å². The van der Waals surface area contributed by atoms with Gasteiger partial charge in [0.05, 0.1) is 24.6 Å². The quantitative estimate of drug-likeness (QED) is 0.406. The van der Waals surface area contributed by atoms with E-state index in [2.05, 4.69) is 9.71 Å². The van der Waals surface area contributed by atoms with Gasteiger partial charge < -0.3 is 9.84 Å². The lowest BCUT2D eigenvalue weighted by molar-refractivity contribution is 0.0695. The maximum Gasteiger partial charge on any atom is 0.336 e. The molecule has 3 aromatic rings. The molecule has 0 amide bonds. The van der Waals surface area contributed by atoms with E-state index in [4.69, 9.17) is 4.74 Å². The molecular formula is C26H31N3O7S. The molecule has 37 heavy (non-hydrogen) atoms. The van der Waals surface area contributed by atoms with Crippen LogP contribution in [0, 0.1) is 6.92 Å². The number of rotatable bonds is 8. The number of ether oxygens (including phenoxy) is 1. The zero-order valence-electron chi connectivity index (χ0n) is 21.6. The molecular weight excluding hydrogens is 498 g/mol. The Morgan fingerprint density at radius 2 is 1.81 bits per heavy atom. The van der Waals surface area contributed by atoms with Gasteiger partial charge in [-0.05, 0) is 66.1 Å². The summed E-state index contributed by atoms with van der Waals surface area (Å²) in [6.07, 6.45) is 3.09. The Labute approximate surface area is 215 Å². The number of aromatic nitrogens is 2. The van der Waals surface area contributed by atoms with E-state index in [1.807, 2.05) is 26.8 Å². The zero-order chi connectivity index (χ0) is 27.7. The van der Waals surface area contributed by atoms with Crippen molar-refractivity contribution in [2.75, 3.05) is 18.1 Å². The highest BCUT2D eigenvalue weighted by Crippen LogP contribution is 2.37. The fourth-order valence-electron chi connectivity index (χ4n) is 4.29. The SMILES string of the molecule is COc1c(CCc2c(C)cc(NS(C)(=O)=O)cc2C(=O)O)cc(-n2ccc(=O)[nH]c2=O)cc1C(C)(C)C. The van der Waals surface area contributed by atoms with Crippen molar-refractivity contribution in [2.45, 2.75) is 46.0 Å². The molecule has 0 bridgehead atoms. The first-order valence-electron chi connectivity index (χ1n) is 11.5.